The molecule has 1 rings (SSSR count). The summed E-state index contributed by atoms with van der Waals surface area (Å²) in [6.45, 7) is 6.68. The van der Waals surface area contributed by atoms with E-state index >= 15 is 0 Å². The van der Waals surface area contributed by atoms with Gasteiger partial charge in [0, 0.05) is 17.6 Å². The lowest BCUT2D eigenvalue weighted by molar-refractivity contribution is 0.400. The van der Waals surface area contributed by atoms with Crippen LogP contribution in [0.15, 0.2) is 23.0 Å². The maximum atomic E-state index is 5.10. The Morgan fingerprint density at radius 1 is 1.27 bits per heavy atom. The summed E-state index contributed by atoms with van der Waals surface area (Å²) in [6, 6.07) is 3.07. The topological polar surface area (TPSA) is 25.2 Å². The predicted octanol–water partition coefficient (Wildman–Crippen LogP) is 3.90. The minimum absolute atomic E-state index is 0.395. The number of rotatable bonds is 7. The van der Waals surface area contributed by atoms with E-state index in [-0.39, 0.29) is 0 Å². The minimum atomic E-state index is 0.395. The summed E-state index contributed by atoms with van der Waals surface area (Å²) in [5, 5.41) is 3.66. The third-order valence-electron chi connectivity index (χ3n) is 2.80. The maximum absolute atomic E-state index is 5.10. The van der Waals surface area contributed by atoms with Crippen molar-refractivity contribution < 1.29 is 4.42 Å². The van der Waals surface area contributed by atoms with Crippen LogP contribution in [0.3, 0.4) is 0 Å². The van der Waals surface area contributed by atoms with Crippen LogP contribution in [-0.2, 0) is 0 Å². The highest BCUT2D eigenvalue weighted by atomic mass is 16.3. The lowest BCUT2D eigenvalue weighted by Gasteiger charge is -2.21. The van der Waals surface area contributed by atoms with Gasteiger partial charge in [0.2, 0.25) is 0 Å². The van der Waals surface area contributed by atoms with E-state index in [4.69, 9.17) is 4.42 Å². The van der Waals surface area contributed by atoms with Gasteiger partial charge in [0.15, 0.2) is 0 Å². The van der Waals surface area contributed by atoms with Crippen molar-refractivity contribution in [3.63, 3.8) is 0 Å². The number of hydrogen-bond donors (Lipinski definition) is 1. The molecule has 0 radical (unpaired) electrons. The minimum Gasteiger partial charge on any atom is -0.472 e. The second-order valence-corrected chi connectivity index (χ2v) is 4.22. The van der Waals surface area contributed by atoms with Gasteiger partial charge < -0.3 is 9.73 Å². The SMILES string of the molecule is CCCC(CCC)NC(C)c1ccoc1. The average molecular weight is 209 g/mol. The van der Waals surface area contributed by atoms with Gasteiger partial charge >= 0.3 is 0 Å². The molecule has 1 atom stereocenters. The first kappa shape index (κ1) is 12.3. The van der Waals surface area contributed by atoms with Gasteiger partial charge in [0.05, 0.1) is 12.5 Å². The third kappa shape index (κ3) is 4.08. The van der Waals surface area contributed by atoms with E-state index in [2.05, 4.69) is 26.1 Å². The molecule has 2 nitrogen and oxygen atoms in total. The van der Waals surface area contributed by atoms with Crippen molar-refractivity contribution >= 4 is 0 Å². The molecule has 0 amide bonds. The van der Waals surface area contributed by atoms with Crippen LogP contribution in [0.25, 0.3) is 0 Å². The molecule has 1 N–H and O–H groups in total. The van der Waals surface area contributed by atoms with Crippen molar-refractivity contribution in [2.75, 3.05) is 0 Å². The fourth-order valence-electron chi connectivity index (χ4n) is 1.98. The fourth-order valence-corrected chi connectivity index (χ4v) is 1.98. The summed E-state index contributed by atoms with van der Waals surface area (Å²) in [6.07, 6.45) is 8.58. The van der Waals surface area contributed by atoms with E-state index in [9.17, 15) is 0 Å². The van der Waals surface area contributed by atoms with Crippen LogP contribution in [0.1, 0.15) is 58.1 Å². The van der Waals surface area contributed by atoms with Gasteiger partial charge in [-0.3, -0.25) is 0 Å². The van der Waals surface area contributed by atoms with E-state index in [0.717, 1.165) is 0 Å². The summed E-state index contributed by atoms with van der Waals surface area (Å²) >= 11 is 0. The smallest absolute Gasteiger partial charge is 0.0950 e. The van der Waals surface area contributed by atoms with Crippen LogP contribution >= 0.6 is 0 Å². The van der Waals surface area contributed by atoms with E-state index in [1.54, 1.807) is 6.26 Å². The Balaban J connectivity index is 2.43. The molecule has 0 bridgehead atoms. The van der Waals surface area contributed by atoms with Crippen LogP contribution in [-0.4, -0.2) is 6.04 Å². The molecule has 0 saturated heterocycles. The van der Waals surface area contributed by atoms with Gasteiger partial charge in [0.1, 0.15) is 0 Å². The van der Waals surface area contributed by atoms with Gasteiger partial charge in [-0.1, -0.05) is 26.7 Å². The Bertz CT molecular complexity index is 237. The van der Waals surface area contributed by atoms with Gasteiger partial charge in [0.25, 0.3) is 0 Å². The molecule has 2 heteroatoms. The van der Waals surface area contributed by atoms with Crippen LogP contribution < -0.4 is 5.32 Å². The van der Waals surface area contributed by atoms with Crippen molar-refractivity contribution in [2.24, 2.45) is 0 Å². The van der Waals surface area contributed by atoms with Crippen molar-refractivity contribution in [3.05, 3.63) is 24.2 Å². The second-order valence-electron chi connectivity index (χ2n) is 4.22. The molecule has 1 aromatic rings. The molecule has 1 unspecified atom stereocenters. The summed E-state index contributed by atoms with van der Waals surface area (Å²) in [7, 11) is 0. The number of nitrogens with one attached hydrogen (secondary N) is 1. The van der Waals surface area contributed by atoms with Gasteiger partial charge in [-0.2, -0.15) is 0 Å². The van der Waals surface area contributed by atoms with Gasteiger partial charge in [-0.15, -0.1) is 0 Å². The molecular weight excluding hydrogens is 186 g/mol. The highest BCUT2D eigenvalue weighted by molar-refractivity contribution is 5.10. The Morgan fingerprint density at radius 3 is 2.40 bits per heavy atom. The third-order valence-corrected chi connectivity index (χ3v) is 2.80. The van der Waals surface area contributed by atoms with Crippen LogP contribution in [0.4, 0.5) is 0 Å². The molecule has 0 aromatic carbocycles. The average Bonchev–Trinajstić information content (AvgIpc) is 2.71. The Labute approximate surface area is 93.1 Å². The zero-order valence-electron chi connectivity index (χ0n) is 10.1. The molecule has 0 aliphatic carbocycles. The molecule has 1 aromatic heterocycles. The van der Waals surface area contributed by atoms with E-state index in [0.29, 0.717) is 12.1 Å². The first-order chi connectivity index (χ1) is 7.27. The maximum Gasteiger partial charge on any atom is 0.0950 e. The normalized spacial score (nSPS) is 13.3. The van der Waals surface area contributed by atoms with Crippen LogP contribution in [0, 0.1) is 0 Å². The molecule has 0 saturated carbocycles. The standard InChI is InChI=1S/C13H23NO/c1-4-6-13(7-5-2)14-11(3)12-8-9-15-10-12/h8-11,13-14H,4-7H2,1-3H3. The molecule has 1 heterocycles. The summed E-state index contributed by atoms with van der Waals surface area (Å²) < 4.78 is 5.10. The van der Waals surface area contributed by atoms with Crippen LogP contribution in [0.5, 0.6) is 0 Å². The van der Waals surface area contributed by atoms with Crippen molar-refractivity contribution in [3.8, 4) is 0 Å². The van der Waals surface area contributed by atoms with Crippen molar-refractivity contribution in [2.45, 2.75) is 58.5 Å². The molecule has 0 aliphatic heterocycles. The van der Waals surface area contributed by atoms with E-state index in [1.165, 1.54) is 31.2 Å². The van der Waals surface area contributed by atoms with Gasteiger partial charge in [-0.25, -0.2) is 0 Å². The summed E-state index contributed by atoms with van der Waals surface area (Å²) in [5.41, 5.74) is 1.24. The Morgan fingerprint density at radius 2 is 1.93 bits per heavy atom. The monoisotopic (exact) mass is 209 g/mol. The zero-order valence-corrected chi connectivity index (χ0v) is 10.1. The Kier molecular flexibility index (Phi) is 5.48. The van der Waals surface area contributed by atoms with Crippen molar-refractivity contribution in [1.82, 2.24) is 5.32 Å². The van der Waals surface area contributed by atoms with Crippen LogP contribution in [0.2, 0.25) is 0 Å². The quantitative estimate of drug-likeness (QED) is 0.736. The second kappa shape index (κ2) is 6.67. The first-order valence-electron chi connectivity index (χ1n) is 6.06. The largest absolute Gasteiger partial charge is 0.472 e. The van der Waals surface area contributed by atoms with Crippen molar-refractivity contribution in [1.29, 1.82) is 0 Å². The summed E-state index contributed by atoms with van der Waals surface area (Å²) in [5.74, 6) is 0. The Hall–Kier alpha value is -0.760. The molecular formula is C13H23NO. The first-order valence-corrected chi connectivity index (χ1v) is 6.06. The molecule has 0 fully saturated rings. The number of furan rings is 1. The zero-order chi connectivity index (χ0) is 11.1. The van der Waals surface area contributed by atoms with E-state index in [1.807, 2.05) is 12.3 Å². The molecule has 0 spiro atoms. The lowest BCUT2D eigenvalue weighted by atomic mass is 10.0. The van der Waals surface area contributed by atoms with E-state index < -0.39 is 0 Å². The highest BCUT2D eigenvalue weighted by Gasteiger charge is 2.12. The van der Waals surface area contributed by atoms with Gasteiger partial charge in [-0.05, 0) is 25.8 Å². The predicted molar refractivity (Wildman–Crippen MR) is 63.9 cm³/mol. The highest BCUT2D eigenvalue weighted by Crippen LogP contribution is 2.16. The lowest BCUT2D eigenvalue weighted by Crippen LogP contribution is -2.31. The summed E-state index contributed by atoms with van der Waals surface area (Å²) in [4.78, 5) is 0. The fraction of sp³-hybridized carbons (Fsp3) is 0.692. The molecule has 0 aliphatic rings. The molecule has 86 valence electrons. The number of hydrogen-bond acceptors (Lipinski definition) is 2. The molecule has 15 heavy (non-hydrogen) atoms.